The number of nitrogens with zero attached hydrogens (tertiary/aromatic N) is 1. The maximum Gasteiger partial charge on any atom is 0.101 e. The third-order valence-corrected chi connectivity index (χ3v) is 4.96. The zero-order valence-electron chi connectivity index (χ0n) is 11.8. The topological polar surface area (TPSA) is 35.8 Å². The van der Waals surface area contributed by atoms with Gasteiger partial charge in [0.05, 0.1) is 11.3 Å². The second-order valence-corrected chi connectivity index (χ2v) is 7.76. The summed E-state index contributed by atoms with van der Waals surface area (Å²) in [5.41, 5.74) is 1.73. The molecule has 0 aliphatic heterocycles. The number of halogens is 1. The molecule has 4 heteroatoms. The number of thiophene rings is 1. The molecule has 104 valence electrons. The molecule has 0 aliphatic carbocycles. The van der Waals surface area contributed by atoms with Gasteiger partial charge in [0.15, 0.2) is 0 Å². The third-order valence-electron chi connectivity index (χ3n) is 2.96. The van der Waals surface area contributed by atoms with Crippen molar-refractivity contribution in [2.45, 2.75) is 32.7 Å². The summed E-state index contributed by atoms with van der Waals surface area (Å²) in [6.45, 7) is 7.40. The fourth-order valence-corrected chi connectivity index (χ4v) is 3.18. The number of nitriles is 1. The highest BCUT2D eigenvalue weighted by molar-refractivity contribution is 9.10. The molecule has 20 heavy (non-hydrogen) atoms. The molecule has 0 aliphatic rings. The molecule has 0 spiro atoms. The van der Waals surface area contributed by atoms with E-state index in [2.05, 4.69) is 60.2 Å². The molecule has 1 N–H and O–H groups in total. The van der Waals surface area contributed by atoms with Crippen LogP contribution < -0.4 is 5.32 Å². The molecule has 0 radical (unpaired) electrons. The largest absolute Gasteiger partial charge is 0.379 e. The third kappa shape index (κ3) is 3.62. The van der Waals surface area contributed by atoms with Crippen LogP contribution in [-0.2, 0) is 12.0 Å². The van der Waals surface area contributed by atoms with Gasteiger partial charge in [-0.25, -0.2) is 0 Å². The fraction of sp³-hybridized carbons (Fsp3) is 0.312. The van der Waals surface area contributed by atoms with Crippen molar-refractivity contribution >= 4 is 33.0 Å². The molecule has 1 heterocycles. The first-order valence-electron chi connectivity index (χ1n) is 6.43. The summed E-state index contributed by atoms with van der Waals surface area (Å²) in [4.78, 5) is 2.66. The Bertz CT molecular complexity index is 647. The quantitative estimate of drug-likeness (QED) is 0.817. The monoisotopic (exact) mass is 348 g/mol. The predicted octanol–water partition coefficient (Wildman–Crippen LogP) is 5.29. The summed E-state index contributed by atoms with van der Waals surface area (Å²) in [6, 6.07) is 12.2. The van der Waals surface area contributed by atoms with Gasteiger partial charge in [0.25, 0.3) is 0 Å². The van der Waals surface area contributed by atoms with Crippen molar-refractivity contribution in [3.63, 3.8) is 0 Å². The van der Waals surface area contributed by atoms with Crippen LogP contribution in [0.15, 0.2) is 34.8 Å². The molecule has 0 atom stereocenters. The highest BCUT2D eigenvalue weighted by Crippen LogP contribution is 2.30. The number of rotatable bonds is 3. The van der Waals surface area contributed by atoms with Gasteiger partial charge < -0.3 is 5.32 Å². The van der Waals surface area contributed by atoms with Crippen LogP contribution in [0.1, 0.15) is 36.1 Å². The van der Waals surface area contributed by atoms with Crippen LogP contribution >= 0.6 is 27.3 Å². The smallest absolute Gasteiger partial charge is 0.101 e. The lowest BCUT2D eigenvalue weighted by Gasteiger charge is -2.15. The molecule has 0 amide bonds. The average Bonchev–Trinajstić information content (AvgIpc) is 2.85. The van der Waals surface area contributed by atoms with E-state index < -0.39 is 0 Å². The molecule has 0 fully saturated rings. The first-order chi connectivity index (χ1) is 9.40. The fourth-order valence-electron chi connectivity index (χ4n) is 1.82. The van der Waals surface area contributed by atoms with Gasteiger partial charge in [-0.15, -0.1) is 11.3 Å². The van der Waals surface area contributed by atoms with Crippen molar-refractivity contribution in [2.24, 2.45) is 0 Å². The Morgan fingerprint density at radius 3 is 2.60 bits per heavy atom. The van der Waals surface area contributed by atoms with Crippen LogP contribution in [-0.4, -0.2) is 0 Å². The van der Waals surface area contributed by atoms with Crippen LogP contribution in [0.25, 0.3) is 0 Å². The lowest BCUT2D eigenvalue weighted by molar-refractivity contribution is 0.604. The van der Waals surface area contributed by atoms with Crippen molar-refractivity contribution in [1.29, 1.82) is 5.26 Å². The lowest BCUT2D eigenvalue weighted by Crippen LogP contribution is -2.07. The number of anilines is 1. The summed E-state index contributed by atoms with van der Waals surface area (Å²) < 4.78 is 0.973. The minimum Gasteiger partial charge on any atom is -0.379 e. The minimum absolute atomic E-state index is 0.191. The summed E-state index contributed by atoms with van der Waals surface area (Å²) in [7, 11) is 0. The predicted molar refractivity (Wildman–Crippen MR) is 89.2 cm³/mol. The lowest BCUT2D eigenvalue weighted by atomic mass is 9.95. The summed E-state index contributed by atoms with van der Waals surface area (Å²) in [5, 5.41) is 12.5. The van der Waals surface area contributed by atoms with Crippen LogP contribution in [0.5, 0.6) is 0 Å². The van der Waals surface area contributed by atoms with Gasteiger partial charge in [0.2, 0.25) is 0 Å². The van der Waals surface area contributed by atoms with Gasteiger partial charge in [-0.2, -0.15) is 5.26 Å². The van der Waals surface area contributed by atoms with E-state index in [0.29, 0.717) is 5.56 Å². The number of hydrogen-bond acceptors (Lipinski definition) is 3. The van der Waals surface area contributed by atoms with Crippen molar-refractivity contribution in [1.82, 2.24) is 0 Å². The zero-order valence-corrected chi connectivity index (χ0v) is 14.2. The summed E-state index contributed by atoms with van der Waals surface area (Å²) in [5.74, 6) is 0. The Labute approximate surface area is 132 Å². The number of hydrogen-bond donors (Lipinski definition) is 1. The zero-order chi connectivity index (χ0) is 14.8. The Balaban J connectivity index is 2.12. The maximum absolute atomic E-state index is 9.11. The van der Waals surface area contributed by atoms with Crippen molar-refractivity contribution in [3.8, 4) is 6.07 Å². The normalized spacial score (nSPS) is 11.2. The molecule has 0 unspecified atom stereocenters. The standard InChI is InChI=1S/C16H17BrN2S/c1-16(2,3)15-7-6-13(20-15)10-19-14-8-12(17)5-4-11(14)9-18/h4-8,19H,10H2,1-3H3. The summed E-state index contributed by atoms with van der Waals surface area (Å²) in [6.07, 6.45) is 0. The first kappa shape index (κ1) is 15.1. The second-order valence-electron chi connectivity index (χ2n) is 5.67. The van der Waals surface area contributed by atoms with E-state index in [-0.39, 0.29) is 5.41 Å². The molecular weight excluding hydrogens is 332 g/mol. The average molecular weight is 349 g/mol. The Hall–Kier alpha value is -1.31. The van der Waals surface area contributed by atoms with Gasteiger partial charge >= 0.3 is 0 Å². The van der Waals surface area contributed by atoms with Crippen LogP contribution in [0, 0.1) is 11.3 Å². The van der Waals surface area contributed by atoms with E-state index in [1.807, 2.05) is 29.5 Å². The van der Waals surface area contributed by atoms with E-state index >= 15 is 0 Å². The van der Waals surface area contributed by atoms with Gasteiger partial charge in [0, 0.05) is 20.8 Å². The minimum atomic E-state index is 0.191. The SMILES string of the molecule is CC(C)(C)c1ccc(CNc2cc(Br)ccc2C#N)s1. The summed E-state index contributed by atoms with van der Waals surface area (Å²) >= 11 is 5.25. The van der Waals surface area contributed by atoms with Crippen LogP contribution in [0.3, 0.4) is 0 Å². The molecular formula is C16H17BrN2S. The first-order valence-corrected chi connectivity index (χ1v) is 8.04. The van der Waals surface area contributed by atoms with E-state index in [1.54, 1.807) is 0 Å². The molecule has 0 saturated carbocycles. The number of nitrogens with one attached hydrogen (secondary N) is 1. The molecule has 2 aromatic rings. The molecule has 0 bridgehead atoms. The molecule has 1 aromatic carbocycles. The van der Waals surface area contributed by atoms with E-state index in [1.165, 1.54) is 9.75 Å². The Morgan fingerprint density at radius 1 is 1.25 bits per heavy atom. The highest BCUT2D eigenvalue weighted by atomic mass is 79.9. The van der Waals surface area contributed by atoms with Crippen LogP contribution in [0.2, 0.25) is 0 Å². The molecule has 0 saturated heterocycles. The van der Waals surface area contributed by atoms with Crippen LogP contribution in [0.4, 0.5) is 5.69 Å². The van der Waals surface area contributed by atoms with Gasteiger partial charge in [0.1, 0.15) is 6.07 Å². The maximum atomic E-state index is 9.11. The van der Waals surface area contributed by atoms with Crippen molar-refractivity contribution in [3.05, 3.63) is 50.1 Å². The van der Waals surface area contributed by atoms with E-state index in [4.69, 9.17) is 5.26 Å². The van der Waals surface area contributed by atoms with Crippen molar-refractivity contribution < 1.29 is 0 Å². The molecule has 2 nitrogen and oxygen atoms in total. The van der Waals surface area contributed by atoms with Gasteiger partial charge in [-0.1, -0.05) is 36.7 Å². The van der Waals surface area contributed by atoms with Crippen molar-refractivity contribution in [2.75, 3.05) is 5.32 Å². The molecule has 1 aromatic heterocycles. The Kier molecular flexibility index (Phi) is 4.52. The van der Waals surface area contributed by atoms with Gasteiger partial charge in [-0.05, 0) is 35.7 Å². The second kappa shape index (κ2) is 5.99. The Morgan fingerprint density at radius 2 is 2.00 bits per heavy atom. The van der Waals surface area contributed by atoms with E-state index in [9.17, 15) is 0 Å². The highest BCUT2D eigenvalue weighted by Gasteiger charge is 2.16. The number of benzene rings is 1. The van der Waals surface area contributed by atoms with E-state index in [0.717, 1.165) is 16.7 Å². The van der Waals surface area contributed by atoms with Gasteiger partial charge in [-0.3, -0.25) is 0 Å². The molecule has 2 rings (SSSR count).